The topological polar surface area (TPSA) is 66.2 Å². The molecule has 2 heterocycles. The number of hydrogen-bond acceptors (Lipinski definition) is 6. The lowest BCUT2D eigenvalue weighted by atomic mass is 10.3. The van der Waals surface area contributed by atoms with E-state index in [1.54, 1.807) is 0 Å². The zero-order valence-electron chi connectivity index (χ0n) is 11.1. The molecule has 3 aliphatic rings. The van der Waals surface area contributed by atoms with E-state index in [0.29, 0.717) is 30.5 Å². The van der Waals surface area contributed by atoms with Crippen LogP contribution in [0.4, 0.5) is 6.01 Å². The number of hydrogen-bond donors (Lipinski definition) is 2. The monoisotopic (exact) mass is 263 g/mol. The van der Waals surface area contributed by atoms with Gasteiger partial charge < -0.3 is 15.1 Å². The quantitative estimate of drug-likeness (QED) is 0.797. The summed E-state index contributed by atoms with van der Waals surface area (Å²) in [7, 11) is 0. The Hall–Kier alpha value is -1.14. The van der Waals surface area contributed by atoms with Gasteiger partial charge in [0.1, 0.15) is 0 Å². The van der Waals surface area contributed by atoms with Crippen molar-refractivity contribution in [1.29, 1.82) is 0 Å². The van der Waals surface area contributed by atoms with E-state index >= 15 is 0 Å². The summed E-state index contributed by atoms with van der Waals surface area (Å²) in [4.78, 5) is 2.57. The van der Waals surface area contributed by atoms with Gasteiger partial charge in [-0.3, -0.25) is 4.90 Å². The zero-order chi connectivity index (χ0) is 12.7. The molecule has 0 radical (unpaired) electrons. The number of nitrogens with one attached hydrogen (secondary N) is 2. The molecule has 6 nitrogen and oxygen atoms in total. The average Bonchev–Trinajstić information content (AvgIpc) is 3.34. The fraction of sp³-hybridized carbons (Fsp3) is 0.846. The van der Waals surface area contributed by atoms with Crippen LogP contribution in [0.2, 0.25) is 0 Å². The van der Waals surface area contributed by atoms with E-state index in [1.807, 2.05) is 0 Å². The molecular formula is C13H21N5O. The molecule has 2 aliphatic carbocycles. The molecule has 6 heteroatoms. The molecule has 1 aromatic heterocycles. The smallest absolute Gasteiger partial charge is 0.315 e. The molecule has 2 saturated carbocycles. The van der Waals surface area contributed by atoms with Crippen LogP contribution in [-0.4, -0.2) is 46.3 Å². The number of anilines is 1. The summed E-state index contributed by atoms with van der Waals surface area (Å²) >= 11 is 0. The molecule has 1 aromatic rings. The van der Waals surface area contributed by atoms with Gasteiger partial charge in [-0.05, 0) is 32.1 Å². The van der Waals surface area contributed by atoms with Gasteiger partial charge in [-0.2, -0.15) is 0 Å². The van der Waals surface area contributed by atoms with E-state index in [-0.39, 0.29) is 0 Å². The van der Waals surface area contributed by atoms with Crippen LogP contribution in [0.1, 0.15) is 38.0 Å². The van der Waals surface area contributed by atoms with E-state index in [4.69, 9.17) is 4.42 Å². The first kappa shape index (κ1) is 11.7. The summed E-state index contributed by atoms with van der Waals surface area (Å²) in [6.07, 6.45) is 6.49. The Morgan fingerprint density at radius 2 is 2.00 bits per heavy atom. The standard InChI is InChI=1S/C13H21N5O/c1-2-9(1)14-7-12-16-17-13(19-12)15-10-5-6-18(8-10)11-3-4-11/h9-11,14H,1-8H2,(H,15,17). The molecular weight excluding hydrogens is 242 g/mol. The Balaban J connectivity index is 1.27. The lowest BCUT2D eigenvalue weighted by Crippen LogP contribution is -2.27. The predicted octanol–water partition coefficient (Wildman–Crippen LogP) is 0.970. The molecule has 0 amide bonds. The van der Waals surface area contributed by atoms with Gasteiger partial charge in [0.05, 0.1) is 6.54 Å². The maximum atomic E-state index is 5.62. The third-order valence-corrected chi connectivity index (χ3v) is 4.20. The molecule has 1 saturated heterocycles. The Morgan fingerprint density at radius 1 is 1.11 bits per heavy atom. The van der Waals surface area contributed by atoms with Gasteiger partial charge in [-0.15, -0.1) is 5.10 Å². The molecule has 2 N–H and O–H groups in total. The lowest BCUT2D eigenvalue weighted by molar-refractivity contribution is 0.325. The van der Waals surface area contributed by atoms with Crippen molar-refractivity contribution in [2.24, 2.45) is 0 Å². The summed E-state index contributed by atoms with van der Waals surface area (Å²) in [6.45, 7) is 3.01. The van der Waals surface area contributed by atoms with Gasteiger partial charge in [0.15, 0.2) is 0 Å². The van der Waals surface area contributed by atoms with Crippen molar-refractivity contribution in [3.8, 4) is 0 Å². The highest BCUT2D eigenvalue weighted by atomic mass is 16.4. The zero-order valence-corrected chi connectivity index (χ0v) is 11.1. The SMILES string of the molecule is C(NC1CC1)c1nnc(NC2CCN(C3CC3)C2)o1. The van der Waals surface area contributed by atoms with E-state index in [1.165, 1.54) is 38.6 Å². The van der Waals surface area contributed by atoms with Crippen molar-refractivity contribution in [1.82, 2.24) is 20.4 Å². The minimum absolute atomic E-state index is 0.463. The van der Waals surface area contributed by atoms with Crippen LogP contribution in [0, 0.1) is 0 Å². The second-order valence-electron chi connectivity index (χ2n) is 6.01. The van der Waals surface area contributed by atoms with Gasteiger partial charge in [0.2, 0.25) is 5.89 Å². The average molecular weight is 263 g/mol. The largest absolute Gasteiger partial charge is 0.407 e. The Kier molecular flexibility index (Phi) is 2.92. The maximum Gasteiger partial charge on any atom is 0.315 e. The summed E-state index contributed by atoms with van der Waals surface area (Å²) < 4.78 is 5.62. The van der Waals surface area contributed by atoms with Crippen molar-refractivity contribution >= 4 is 6.01 Å². The number of rotatable bonds is 6. The Morgan fingerprint density at radius 3 is 2.79 bits per heavy atom. The van der Waals surface area contributed by atoms with Gasteiger partial charge in [0, 0.05) is 31.2 Å². The van der Waals surface area contributed by atoms with Gasteiger partial charge in [0.25, 0.3) is 0 Å². The molecule has 0 spiro atoms. The number of nitrogens with zero attached hydrogens (tertiary/aromatic N) is 3. The van der Waals surface area contributed by atoms with Crippen molar-refractivity contribution in [3.63, 3.8) is 0 Å². The molecule has 19 heavy (non-hydrogen) atoms. The van der Waals surface area contributed by atoms with Gasteiger partial charge >= 0.3 is 6.01 Å². The third kappa shape index (κ3) is 2.90. The van der Waals surface area contributed by atoms with Gasteiger partial charge in [-0.1, -0.05) is 5.10 Å². The van der Waals surface area contributed by atoms with Gasteiger partial charge in [-0.25, -0.2) is 0 Å². The van der Waals surface area contributed by atoms with Crippen LogP contribution in [0.25, 0.3) is 0 Å². The first-order chi connectivity index (χ1) is 9.37. The van der Waals surface area contributed by atoms with Crippen molar-refractivity contribution in [3.05, 3.63) is 5.89 Å². The van der Waals surface area contributed by atoms with E-state index in [9.17, 15) is 0 Å². The van der Waals surface area contributed by atoms with E-state index in [2.05, 4.69) is 25.7 Å². The van der Waals surface area contributed by atoms with Crippen LogP contribution in [0.5, 0.6) is 0 Å². The van der Waals surface area contributed by atoms with Crippen molar-refractivity contribution in [2.75, 3.05) is 18.4 Å². The normalized spacial score (nSPS) is 27.9. The first-order valence-corrected chi connectivity index (χ1v) is 7.43. The number of likely N-dealkylation sites (tertiary alicyclic amines) is 1. The highest BCUT2D eigenvalue weighted by molar-refractivity contribution is 5.21. The van der Waals surface area contributed by atoms with Crippen LogP contribution in [0.3, 0.4) is 0 Å². The minimum Gasteiger partial charge on any atom is -0.407 e. The van der Waals surface area contributed by atoms with Crippen LogP contribution in [-0.2, 0) is 6.54 Å². The Bertz CT molecular complexity index is 440. The Labute approximate surface area is 112 Å². The van der Waals surface area contributed by atoms with E-state index < -0.39 is 0 Å². The van der Waals surface area contributed by atoms with Crippen molar-refractivity contribution < 1.29 is 4.42 Å². The van der Waals surface area contributed by atoms with E-state index in [0.717, 1.165) is 12.6 Å². The summed E-state index contributed by atoms with van der Waals surface area (Å²) in [5.41, 5.74) is 0. The summed E-state index contributed by atoms with van der Waals surface area (Å²) in [5, 5.41) is 14.9. The molecule has 0 bridgehead atoms. The molecule has 1 atom stereocenters. The highest BCUT2D eigenvalue weighted by Crippen LogP contribution is 2.30. The summed E-state index contributed by atoms with van der Waals surface area (Å²) in [6, 6.07) is 2.57. The fourth-order valence-electron chi connectivity index (χ4n) is 2.75. The second kappa shape index (κ2) is 4.76. The summed E-state index contributed by atoms with van der Waals surface area (Å²) in [5.74, 6) is 0.687. The maximum absolute atomic E-state index is 5.62. The molecule has 1 unspecified atom stereocenters. The molecule has 0 aromatic carbocycles. The predicted molar refractivity (Wildman–Crippen MR) is 70.8 cm³/mol. The number of aromatic nitrogens is 2. The van der Waals surface area contributed by atoms with Crippen LogP contribution < -0.4 is 10.6 Å². The van der Waals surface area contributed by atoms with Crippen LogP contribution in [0.15, 0.2) is 4.42 Å². The first-order valence-electron chi connectivity index (χ1n) is 7.43. The van der Waals surface area contributed by atoms with Crippen molar-refractivity contribution in [2.45, 2.75) is 56.8 Å². The lowest BCUT2D eigenvalue weighted by Gasteiger charge is -2.14. The third-order valence-electron chi connectivity index (χ3n) is 4.20. The molecule has 104 valence electrons. The minimum atomic E-state index is 0.463. The highest BCUT2D eigenvalue weighted by Gasteiger charge is 2.34. The second-order valence-corrected chi connectivity index (χ2v) is 6.01. The molecule has 4 rings (SSSR count). The van der Waals surface area contributed by atoms with Crippen LogP contribution >= 0.6 is 0 Å². The molecule has 1 aliphatic heterocycles. The molecule has 3 fully saturated rings. The fourth-order valence-corrected chi connectivity index (χ4v) is 2.75.